The largest absolute Gasteiger partial charge is 0.323 e. The summed E-state index contributed by atoms with van der Waals surface area (Å²) in [5.41, 5.74) is 0.426. The Morgan fingerprint density at radius 2 is 1.10 bits per heavy atom. The minimum atomic E-state index is -4.44. The Labute approximate surface area is 130 Å². The fraction of sp³-hybridized carbons (Fsp3) is 0.400. The normalized spacial score (nSPS) is 12.8. The molecule has 0 aliphatic rings. The van der Waals surface area contributed by atoms with E-state index < -0.39 is 20.2 Å². The van der Waals surface area contributed by atoms with Crippen molar-refractivity contribution in [2.24, 2.45) is 0 Å². The number of nitrogens with zero attached hydrogens (tertiary/aromatic N) is 2. The average Bonchev–Trinajstić information content (AvgIpc) is 2.80. The highest BCUT2D eigenvalue weighted by Crippen LogP contribution is 2.30. The Balaban J connectivity index is 2.45. The molecule has 0 unspecified atom stereocenters. The van der Waals surface area contributed by atoms with Crippen molar-refractivity contribution in [1.82, 2.24) is 9.97 Å². The second-order valence-electron chi connectivity index (χ2n) is 4.19. The maximum atomic E-state index is 12.1. The Hall–Kier alpha value is -0.880. The van der Waals surface area contributed by atoms with E-state index in [-0.39, 0.29) is 19.8 Å². The predicted molar refractivity (Wildman–Crippen MR) is 78.6 cm³/mol. The van der Waals surface area contributed by atoms with Gasteiger partial charge >= 0.3 is 20.2 Å². The Morgan fingerprint density at radius 3 is 1.33 bits per heavy atom. The number of rotatable bonds is 4. The highest BCUT2D eigenvalue weighted by Gasteiger charge is 2.32. The maximum Gasteiger partial charge on any atom is 0.323 e. The molecule has 7 nitrogen and oxygen atoms in total. The van der Waals surface area contributed by atoms with Crippen molar-refractivity contribution < 1.29 is 20.5 Å². The van der Waals surface area contributed by atoms with Gasteiger partial charge in [-0.25, -0.2) is 9.97 Å². The highest BCUT2D eigenvalue weighted by atomic mass is 32.3. The number of hydrogen-bond acceptors (Lipinski definition) is 9. The van der Waals surface area contributed by atoms with Gasteiger partial charge in [-0.15, -0.1) is 26.3 Å². The molecule has 11 heteroatoms. The van der Waals surface area contributed by atoms with Crippen LogP contribution >= 0.6 is 22.7 Å². The third-order valence-electron chi connectivity index (χ3n) is 2.36. The van der Waals surface area contributed by atoms with E-state index in [0.717, 1.165) is 22.7 Å². The van der Waals surface area contributed by atoms with Crippen molar-refractivity contribution in [3.63, 3.8) is 0 Å². The summed E-state index contributed by atoms with van der Waals surface area (Å²) in [7, 11) is -8.87. The molecule has 2 rings (SSSR count). The summed E-state index contributed by atoms with van der Waals surface area (Å²) in [6.45, 7) is 6.21. The number of hydrogen-bond donors (Lipinski definition) is 0. The zero-order valence-electron chi connectivity index (χ0n) is 11.6. The van der Waals surface area contributed by atoms with Crippen LogP contribution in [0.4, 0.5) is 0 Å². The van der Waals surface area contributed by atoms with E-state index in [9.17, 15) is 16.8 Å². The highest BCUT2D eigenvalue weighted by molar-refractivity contribution is 8.01. The van der Waals surface area contributed by atoms with Crippen LogP contribution in [0.2, 0.25) is 0 Å². The summed E-state index contributed by atoms with van der Waals surface area (Å²) in [5.74, 6) is 0. The van der Waals surface area contributed by atoms with Crippen LogP contribution in [0.25, 0.3) is 0 Å². The van der Waals surface area contributed by atoms with Crippen molar-refractivity contribution in [3.05, 3.63) is 21.4 Å². The summed E-state index contributed by atoms with van der Waals surface area (Å²) in [5, 5.41) is 1.02. The molecular weight excluding hydrogens is 356 g/mol. The predicted octanol–water partition coefficient (Wildman–Crippen LogP) is 1.93. The molecule has 2 heterocycles. The number of aromatic nitrogens is 2. The van der Waals surface area contributed by atoms with Crippen molar-refractivity contribution >= 4 is 42.9 Å². The van der Waals surface area contributed by atoms with Gasteiger partial charge in [-0.1, -0.05) is 0 Å². The first-order valence-electron chi connectivity index (χ1n) is 5.62. The van der Waals surface area contributed by atoms with Crippen LogP contribution in [0.3, 0.4) is 0 Å². The van der Waals surface area contributed by atoms with Crippen molar-refractivity contribution in [3.8, 4) is 0 Å². The van der Waals surface area contributed by atoms with E-state index >= 15 is 0 Å². The second kappa shape index (κ2) is 5.39. The van der Waals surface area contributed by atoms with Crippen LogP contribution < -0.4 is 0 Å². The van der Waals surface area contributed by atoms with E-state index in [1.165, 1.54) is 13.8 Å². The summed E-state index contributed by atoms with van der Waals surface area (Å²) in [6, 6.07) is 0. The monoisotopic (exact) mass is 368 g/mol. The van der Waals surface area contributed by atoms with Gasteiger partial charge in [0.25, 0.3) is 0 Å². The number of thiazole rings is 2. The standard InChI is InChI=1S/C10H12N2O5S4/c1-5-9(18-7(3)11-5)20(13,14)17-21(15,16)10-6(2)12-8(4)19-10/h1-4H3. The molecule has 0 atom stereocenters. The first-order chi connectivity index (χ1) is 9.53. The van der Waals surface area contributed by atoms with Crippen LogP contribution in [-0.4, -0.2) is 26.8 Å². The lowest BCUT2D eigenvalue weighted by molar-refractivity contribution is 0.464. The molecule has 21 heavy (non-hydrogen) atoms. The van der Waals surface area contributed by atoms with Crippen LogP contribution in [0, 0.1) is 27.7 Å². The van der Waals surface area contributed by atoms with Crippen LogP contribution in [0.1, 0.15) is 21.4 Å². The van der Waals surface area contributed by atoms with Gasteiger partial charge in [0.1, 0.15) is 0 Å². The second-order valence-corrected chi connectivity index (χ2v) is 10.3. The molecule has 0 bridgehead atoms. The lowest BCUT2D eigenvalue weighted by Crippen LogP contribution is -2.14. The third-order valence-corrected chi connectivity index (χ3v) is 8.75. The summed E-state index contributed by atoms with van der Waals surface area (Å²) in [4.78, 5) is 7.91. The van der Waals surface area contributed by atoms with E-state index in [1.807, 2.05) is 0 Å². The lowest BCUT2D eigenvalue weighted by atomic mass is 10.6. The van der Waals surface area contributed by atoms with Crippen LogP contribution in [-0.2, 0) is 23.9 Å². The Kier molecular flexibility index (Phi) is 4.23. The minimum Gasteiger partial charge on any atom is -0.245 e. The quantitative estimate of drug-likeness (QED) is 0.812. The summed E-state index contributed by atoms with van der Waals surface area (Å²) < 4.78 is 52.6. The fourth-order valence-electron chi connectivity index (χ4n) is 1.67. The molecule has 0 saturated carbocycles. The van der Waals surface area contributed by atoms with Gasteiger partial charge in [0.15, 0.2) is 8.42 Å². The van der Waals surface area contributed by atoms with Crippen molar-refractivity contribution in [2.75, 3.05) is 0 Å². The number of aryl methyl sites for hydroxylation is 4. The van der Waals surface area contributed by atoms with E-state index in [1.54, 1.807) is 13.8 Å². The third kappa shape index (κ3) is 3.31. The van der Waals surface area contributed by atoms with Crippen molar-refractivity contribution in [2.45, 2.75) is 36.1 Å². The fourth-order valence-corrected chi connectivity index (χ4v) is 7.25. The topological polar surface area (TPSA) is 103 Å². The lowest BCUT2D eigenvalue weighted by Gasteiger charge is -2.03. The van der Waals surface area contributed by atoms with Gasteiger partial charge in [-0.05, 0) is 27.7 Å². The molecule has 0 N–H and O–H groups in total. The van der Waals surface area contributed by atoms with Crippen LogP contribution in [0.5, 0.6) is 0 Å². The summed E-state index contributed by atoms with van der Waals surface area (Å²) >= 11 is 1.73. The molecule has 116 valence electrons. The molecule has 0 aromatic carbocycles. The molecule has 2 aromatic rings. The first kappa shape index (κ1) is 16.5. The smallest absolute Gasteiger partial charge is 0.245 e. The molecule has 0 aliphatic carbocycles. The minimum absolute atomic E-state index is 0.206. The van der Waals surface area contributed by atoms with Gasteiger partial charge < -0.3 is 0 Å². The molecule has 2 aromatic heterocycles. The SMILES string of the molecule is Cc1nc(C)c(S(=O)(=O)OS(=O)(=O)c2sc(C)nc2C)s1. The molecule has 0 radical (unpaired) electrons. The van der Waals surface area contributed by atoms with Gasteiger partial charge in [-0.3, -0.25) is 0 Å². The van der Waals surface area contributed by atoms with E-state index in [2.05, 4.69) is 13.6 Å². The van der Waals surface area contributed by atoms with E-state index in [4.69, 9.17) is 0 Å². The molecular formula is C10H12N2O5S4. The Bertz CT molecular complexity index is 818. The molecule has 0 amide bonds. The molecule has 0 spiro atoms. The van der Waals surface area contributed by atoms with E-state index in [0.29, 0.717) is 10.0 Å². The molecule has 0 aliphatic heterocycles. The Morgan fingerprint density at radius 1 is 0.762 bits per heavy atom. The van der Waals surface area contributed by atoms with Crippen LogP contribution in [0.15, 0.2) is 8.42 Å². The zero-order chi connectivity index (χ0) is 16.0. The van der Waals surface area contributed by atoms with Crippen molar-refractivity contribution in [1.29, 1.82) is 0 Å². The van der Waals surface area contributed by atoms with Gasteiger partial charge in [0.2, 0.25) is 0 Å². The zero-order valence-corrected chi connectivity index (χ0v) is 14.8. The van der Waals surface area contributed by atoms with Gasteiger partial charge in [0, 0.05) is 0 Å². The summed E-state index contributed by atoms with van der Waals surface area (Å²) in [6.07, 6.45) is 0. The van der Waals surface area contributed by atoms with Gasteiger partial charge in [-0.2, -0.15) is 16.8 Å². The van der Waals surface area contributed by atoms with Gasteiger partial charge in [0.05, 0.1) is 21.4 Å². The average molecular weight is 368 g/mol. The molecule has 0 fully saturated rings. The first-order valence-corrected chi connectivity index (χ1v) is 10.1. The maximum absolute atomic E-state index is 12.1. The molecule has 0 saturated heterocycles.